The average molecular weight is 241 g/mol. The molecule has 3 nitrogen and oxygen atoms in total. The molecule has 1 saturated carbocycles. The minimum absolute atomic E-state index is 0.497. The van der Waals surface area contributed by atoms with E-state index >= 15 is 0 Å². The summed E-state index contributed by atoms with van der Waals surface area (Å²) in [6.45, 7) is 3.29. The second-order valence-corrected chi connectivity index (χ2v) is 5.07. The Bertz CT molecular complexity index is 534. The molecule has 1 atom stereocenters. The first-order valence-electron chi connectivity index (χ1n) is 6.82. The van der Waals surface area contributed by atoms with Crippen molar-refractivity contribution in [3.05, 3.63) is 36.2 Å². The van der Waals surface area contributed by atoms with Gasteiger partial charge >= 0.3 is 0 Å². The van der Waals surface area contributed by atoms with Gasteiger partial charge in [0.25, 0.3) is 0 Å². The molecule has 1 fully saturated rings. The Kier molecular flexibility index (Phi) is 3.24. The summed E-state index contributed by atoms with van der Waals surface area (Å²) < 4.78 is 0. The maximum atomic E-state index is 4.39. The van der Waals surface area contributed by atoms with Crippen molar-refractivity contribution in [1.29, 1.82) is 0 Å². The summed E-state index contributed by atoms with van der Waals surface area (Å²) >= 11 is 0. The molecule has 1 unspecified atom stereocenters. The van der Waals surface area contributed by atoms with Crippen LogP contribution in [0.1, 0.15) is 37.8 Å². The van der Waals surface area contributed by atoms with Crippen LogP contribution in [0.2, 0.25) is 0 Å². The Morgan fingerprint density at radius 3 is 2.72 bits per heavy atom. The first-order valence-corrected chi connectivity index (χ1v) is 6.82. The molecule has 0 aliphatic heterocycles. The fourth-order valence-electron chi connectivity index (χ4n) is 2.46. The molecular weight excluding hydrogens is 222 g/mol. The third-order valence-corrected chi connectivity index (χ3v) is 3.56. The van der Waals surface area contributed by atoms with Gasteiger partial charge < -0.3 is 5.32 Å². The van der Waals surface area contributed by atoms with E-state index in [1.54, 1.807) is 12.4 Å². The van der Waals surface area contributed by atoms with Crippen LogP contribution in [0.25, 0.3) is 11.0 Å². The van der Waals surface area contributed by atoms with E-state index in [0.29, 0.717) is 6.04 Å². The van der Waals surface area contributed by atoms with Crippen molar-refractivity contribution in [2.45, 2.75) is 32.2 Å². The second-order valence-electron chi connectivity index (χ2n) is 5.07. The van der Waals surface area contributed by atoms with Crippen LogP contribution in [0, 0.1) is 5.92 Å². The lowest BCUT2D eigenvalue weighted by atomic mass is 10.0. The van der Waals surface area contributed by atoms with Gasteiger partial charge in [-0.2, -0.15) is 0 Å². The van der Waals surface area contributed by atoms with Gasteiger partial charge in [0, 0.05) is 18.4 Å². The van der Waals surface area contributed by atoms with E-state index in [2.05, 4.69) is 40.4 Å². The maximum Gasteiger partial charge on any atom is 0.0890 e. The summed E-state index contributed by atoms with van der Waals surface area (Å²) in [6, 6.07) is 6.97. The van der Waals surface area contributed by atoms with Gasteiger partial charge in [-0.25, -0.2) is 0 Å². The minimum Gasteiger partial charge on any atom is -0.310 e. The van der Waals surface area contributed by atoms with Gasteiger partial charge in [-0.15, -0.1) is 0 Å². The third kappa shape index (κ3) is 2.36. The predicted molar refractivity (Wildman–Crippen MR) is 73.3 cm³/mol. The van der Waals surface area contributed by atoms with Crippen LogP contribution in [0.3, 0.4) is 0 Å². The Morgan fingerprint density at radius 1 is 1.22 bits per heavy atom. The molecule has 18 heavy (non-hydrogen) atoms. The number of aromatic nitrogens is 2. The third-order valence-electron chi connectivity index (χ3n) is 3.56. The Morgan fingerprint density at radius 2 is 2.00 bits per heavy atom. The molecular formula is C15H19N3. The minimum atomic E-state index is 0.497. The Hall–Kier alpha value is -1.48. The molecule has 1 aromatic carbocycles. The van der Waals surface area contributed by atoms with Crippen LogP contribution < -0.4 is 5.32 Å². The average Bonchev–Trinajstić information content (AvgIpc) is 3.24. The van der Waals surface area contributed by atoms with E-state index in [9.17, 15) is 0 Å². The fourth-order valence-corrected chi connectivity index (χ4v) is 2.46. The predicted octanol–water partition coefficient (Wildman–Crippen LogP) is 3.08. The molecule has 3 heteroatoms. The lowest BCUT2D eigenvalue weighted by Gasteiger charge is -2.18. The summed E-state index contributed by atoms with van der Waals surface area (Å²) in [7, 11) is 0. The highest BCUT2D eigenvalue weighted by Gasteiger charge is 2.31. The molecule has 94 valence electrons. The van der Waals surface area contributed by atoms with E-state index in [0.717, 1.165) is 23.5 Å². The zero-order valence-corrected chi connectivity index (χ0v) is 10.8. The molecule has 1 aliphatic carbocycles. The highest BCUT2D eigenvalue weighted by molar-refractivity contribution is 5.74. The fraction of sp³-hybridized carbons (Fsp3) is 0.467. The monoisotopic (exact) mass is 241 g/mol. The van der Waals surface area contributed by atoms with Crippen molar-refractivity contribution in [3.63, 3.8) is 0 Å². The Labute approximate surface area is 108 Å². The van der Waals surface area contributed by atoms with Gasteiger partial charge in [0.1, 0.15) is 0 Å². The summed E-state index contributed by atoms with van der Waals surface area (Å²) in [4.78, 5) is 8.72. The van der Waals surface area contributed by atoms with Gasteiger partial charge in [0.2, 0.25) is 0 Å². The zero-order chi connectivity index (χ0) is 12.4. The number of nitrogens with one attached hydrogen (secondary N) is 1. The first kappa shape index (κ1) is 11.6. The second kappa shape index (κ2) is 5.02. The van der Waals surface area contributed by atoms with Gasteiger partial charge in [-0.1, -0.05) is 13.0 Å². The lowest BCUT2D eigenvalue weighted by Crippen LogP contribution is -2.23. The number of hydrogen-bond acceptors (Lipinski definition) is 3. The molecule has 1 heterocycles. The number of rotatable bonds is 5. The highest BCUT2D eigenvalue weighted by atomic mass is 14.9. The normalized spacial score (nSPS) is 16.9. The standard InChI is InChI=1S/C15H19N3/c1-2-7-18-15(11-3-4-11)12-5-6-13-14(10-12)17-9-8-16-13/h5-6,8-11,15,18H,2-4,7H2,1H3. The quantitative estimate of drug-likeness (QED) is 0.874. The highest BCUT2D eigenvalue weighted by Crippen LogP contribution is 2.41. The molecule has 0 spiro atoms. The molecule has 0 radical (unpaired) electrons. The number of hydrogen-bond donors (Lipinski definition) is 1. The largest absolute Gasteiger partial charge is 0.310 e. The van der Waals surface area contributed by atoms with E-state index in [-0.39, 0.29) is 0 Å². The van der Waals surface area contributed by atoms with Crippen LogP contribution in [0.5, 0.6) is 0 Å². The molecule has 0 bridgehead atoms. The molecule has 1 N–H and O–H groups in total. The van der Waals surface area contributed by atoms with Crippen molar-refractivity contribution in [1.82, 2.24) is 15.3 Å². The SMILES string of the molecule is CCCNC(c1ccc2nccnc2c1)C1CC1. The molecule has 0 saturated heterocycles. The molecule has 1 aliphatic rings. The van der Waals surface area contributed by atoms with E-state index in [1.807, 2.05) is 0 Å². The molecule has 0 amide bonds. The van der Waals surface area contributed by atoms with Crippen LogP contribution in [0.15, 0.2) is 30.6 Å². The van der Waals surface area contributed by atoms with E-state index in [4.69, 9.17) is 0 Å². The van der Waals surface area contributed by atoms with E-state index in [1.165, 1.54) is 24.8 Å². The first-order chi connectivity index (χ1) is 8.88. The summed E-state index contributed by atoms with van der Waals surface area (Å²) in [5, 5.41) is 3.66. The van der Waals surface area contributed by atoms with Crippen LogP contribution in [-0.2, 0) is 0 Å². The van der Waals surface area contributed by atoms with Crippen LogP contribution >= 0.6 is 0 Å². The van der Waals surface area contributed by atoms with Crippen molar-refractivity contribution >= 4 is 11.0 Å². The van der Waals surface area contributed by atoms with Gasteiger partial charge in [-0.3, -0.25) is 9.97 Å². The van der Waals surface area contributed by atoms with Gasteiger partial charge in [-0.05, 0) is 49.4 Å². The summed E-state index contributed by atoms with van der Waals surface area (Å²) in [5.74, 6) is 0.811. The van der Waals surface area contributed by atoms with Crippen molar-refractivity contribution in [2.24, 2.45) is 5.92 Å². The molecule has 2 aromatic rings. The van der Waals surface area contributed by atoms with E-state index < -0.39 is 0 Å². The zero-order valence-electron chi connectivity index (χ0n) is 10.8. The van der Waals surface area contributed by atoms with Crippen molar-refractivity contribution < 1.29 is 0 Å². The molecule has 3 rings (SSSR count). The molecule has 1 aromatic heterocycles. The summed E-state index contributed by atoms with van der Waals surface area (Å²) in [5.41, 5.74) is 3.34. The Balaban J connectivity index is 1.90. The lowest BCUT2D eigenvalue weighted by molar-refractivity contribution is 0.481. The van der Waals surface area contributed by atoms with Crippen LogP contribution in [-0.4, -0.2) is 16.5 Å². The summed E-state index contributed by atoms with van der Waals surface area (Å²) in [6.07, 6.45) is 7.38. The van der Waals surface area contributed by atoms with Crippen molar-refractivity contribution in [2.75, 3.05) is 6.54 Å². The number of benzene rings is 1. The topological polar surface area (TPSA) is 37.8 Å². The van der Waals surface area contributed by atoms with Gasteiger partial charge in [0.05, 0.1) is 11.0 Å². The van der Waals surface area contributed by atoms with Crippen LogP contribution in [0.4, 0.5) is 0 Å². The number of nitrogens with zero attached hydrogens (tertiary/aromatic N) is 2. The number of fused-ring (bicyclic) bond motifs is 1. The smallest absolute Gasteiger partial charge is 0.0890 e. The van der Waals surface area contributed by atoms with Crippen molar-refractivity contribution in [3.8, 4) is 0 Å². The van der Waals surface area contributed by atoms with Gasteiger partial charge in [0.15, 0.2) is 0 Å². The maximum absolute atomic E-state index is 4.39.